The molecule has 1 N–H and O–H groups in total. The van der Waals surface area contributed by atoms with Gasteiger partial charge in [0.2, 0.25) is 5.75 Å². The molecule has 0 amide bonds. The second kappa shape index (κ2) is 5.71. The Morgan fingerprint density at radius 3 is 2.40 bits per heavy atom. The van der Waals surface area contributed by atoms with Gasteiger partial charge in [0.1, 0.15) is 5.75 Å². The van der Waals surface area contributed by atoms with Crippen LogP contribution in [0.25, 0.3) is 0 Å². The molecule has 2 aromatic rings. The number of nitro groups is 1. The number of aliphatic hydroxyl groups excluding tert-OH is 1. The highest BCUT2D eigenvalue weighted by Crippen LogP contribution is 2.33. The third-order valence-electron chi connectivity index (χ3n) is 2.91. The first-order chi connectivity index (χ1) is 9.47. The quantitative estimate of drug-likeness (QED) is 0.680. The molecule has 2 rings (SSSR count). The number of ether oxygens (including phenoxy) is 1. The van der Waals surface area contributed by atoms with Gasteiger partial charge < -0.3 is 9.84 Å². The van der Waals surface area contributed by atoms with Crippen molar-refractivity contribution in [3.8, 4) is 11.5 Å². The Kier molecular flexibility index (Phi) is 4.00. The molecule has 2 aromatic carbocycles. The number of rotatable bonds is 4. The van der Waals surface area contributed by atoms with E-state index in [2.05, 4.69) is 0 Å². The van der Waals surface area contributed by atoms with Crippen LogP contribution in [0.2, 0.25) is 0 Å². The predicted molar refractivity (Wildman–Crippen MR) is 75.0 cm³/mol. The maximum absolute atomic E-state index is 11.0. The molecule has 5 heteroatoms. The highest BCUT2D eigenvalue weighted by atomic mass is 16.6. The van der Waals surface area contributed by atoms with Crippen molar-refractivity contribution in [1.82, 2.24) is 0 Å². The van der Waals surface area contributed by atoms with Crippen molar-refractivity contribution in [2.75, 3.05) is 0 Å². The molecule has 0 aliphatic carbocycles. The second-order valence-electron chi connectivity index (χ2n) is 4.58. The molecule has 0 aliphatic rings. The normalized spacial score (nSPS) is 11.9. The molecule has 20 heavy (non-hydrogen) atoms. The van der Waals surface area contributed by atoms with E-state index in [4.69, 9.17) is 4.74 Å². The Morgan fingerprint density at radius 2 is 1.85 bits per heavy atom. The average molecular weight is 273 g/mol. The fourth-order valence-corrected chi connectivity index (χ4v) is 1.76. The van der Waals surface area contributed by atoms with Crippen molar-refractivity contribution in [1.29, 1.82) is 0 Å². The average Bonchev–Trinajstić information content (AvgIpc) is 2.41. The van der Waals surface area contributed by atoms with Crippen LogP contribution in [0.1, 0.15) is 24.2 Å². The fraction of sp³-hybridized carbons (Fsp3) is 0.200. The van der Waals surface area contributed by atoms with Gasteiger partial charge in [-0.1, -0.05) is 17.7 Å². The zero-order chi connectivity index (χ0) is 14.7. The molecule has 0 aromatic heterocycles. The number of nitro benzene ring substituents is 1. The van der Waals surface area contributed by atoms with E-state index in [0.717, 1.165) is 5.56 Å². The summed E-state index contributed by atoms with van der Waals surface area (Å²) in [5.41, 5.74) is 1.51. The minimum absolute atomic E-state index is 0.122. The van der Waals surface area contributed by atoms with Crippen molar-refractivity contribution >= 4 is 5.69 Å². The summed E-state index contributed by atoms with van der Waals surface area (Å²) in [5.74, 6) is 0.638. The monoisotopic (exact) mass is 273 g/mol. The number of benzene rings is 2. The zero-order valence-corrected chi connectivity index (χ0v) is 11.2. The smallest absolute Gasteiger partial charge is 0.311 e. The summed E-state index contributed by atoms with van der Waals surface area (Å²) in [4.78, 5) is 10.5. The highest BCUT2D eigenvalue weighted by Gasteiger charge is 2.17. The Bertz CT molecular complexity index is 620. The van der Waals surface area contributed by atoms with Gasteiger partial charge in [-0.2, -0.15) is 0 Å². The molecule has 0 fully saturated rings. The van der Waals surface area contributed by atoms with Crippen LogP contribution in [0.5, 0.6) is 11.5 Å². The summed E-state index contributed by atoms with van der Waals surface area (Å²) >= 11 is 0. The third kappa shape index (κ3) is 3.13. The number of hydrogen-bond acceptors (Lipinski definition) is 4. The van der Waals surface area contributed by atoms with E-state index in [1.807, 2.05) is 19.1 Å². The minimum Gasteiger partial charge on any atom is -0.450 e. The van der Waals surface area contributed by atoms with E-state index in [1.54, 1.807) is 19.1 Å². The lowest BCUT2D eigenvalue weighted by Crippen LogP contribution is -1.97. The fourth-order valence-electron chi connectivity index (χ4n) is 1.76. The van der Waals surface area contributed by atoms with Crippen LogP contribution >= 0.6 is 0 Å². The van der Waals surface area contributed by atoms with Crippen molar-refractivity contribution in [2.24, 2.45) is 0 Å². The lowest BCUT2D eigenvalue weighted by molar-refractivity contribution is -0.385. The Morgan fingerprint density at radius 1 is 1.20 bits per heavy atom. The van der Waals surface area contributed by atoms with E-state index in [0.29, 0.717) is 11.3 Å². The summed E-state index contributed by atoms with van der Waals surface area (Å²) in [6.45, 7) is 3.54. The Hall–Kier alpha value is -2.40. The van der Waals surface area contributed by atoms with Gasteiger partial charge in [0, 0.05) is 6.07 Å². The SMILES string of the molecule is Cc1ccc(Oc2cc(C(C)O)ccc2[N+](=O)[O-])cc1. The van der Waals surface area contributed by atoms with Crippen LogP contribution in [0, 0.1) is 17.0 Å². The molecule has 1 unspecified atom stereocenters. The first-order valence-corrected chi connectivity index (χ1v) is 6.18. The highest BCUT2D eigenvalue weighted by molar-refractivity contribution is 5.51. The molecule has 5 nitrogen and oxygen atoms in total. The Labute approximate surface area is 116 Å². The molecule has 0 aliphatic heterocycles. The van der Waals surface area contributed by atoms with Gasteiger partial charge in [-0.15, -0.1) is 0 Å². The molecule has 0 bridgehead atoms. The molecular formula is C15H15NO4. The molecule has 0 heterocycles. The van der Waals surface area contributed by atoms with Gasteiger partial charge in [0.25, 0.3) is 0 Å². The first-order valence-electron chi connectivity index (χ1n) is 6.18. The summed E-state index contributed by atoms with van der Waals surface area (Å²) in [5, 5.41) is 20.6. The number of nitrogens with zero attached hydrogens (tertiary/aromatic N) is 1. The van der Waals surface area contributed by atoms with E-state index in [-0.39, 0.29) is 11.4 Å². The number of aliphatic hydroxyl groups is 1. The largest absolute Gasteiger partial charge is 0.450 e. The van der Waals surface area contributed by atoms with Gasteiger partial charge in [-0.05, 0) is 43.7 Å². The van der Waals surface area contributed by atoms with Crippen molar-refractivity contribution in [2.45, 2.75) is 20.0 Å². The molecule has 1 atom stereocenters. The van der Waals surface area contributed by atoms with Crippen LogP contribution in [-0.2, 0) is 0 Å². The molecule has 0 saturated carbocycles. The van der Waals surface area contributed by atoms with Gasteiger partial charge in [-0.3, -0.25) is 10.1 Å². The minimum atomic E-state index is -0.712. The van der Waals surface area contributed by atoms with Gasteiger partial charge in [-0.25, -0.2) is 0 Å². The van der Waals surface area contributed by atoms with Gasteiger partial charge >= 0.3 is 5.69 Å². The summed E-state index contributed by atoms with van der Waals surface area (Å²) in [6, 6.07) is 11.6. The lowest BCUT2D eigenvalue weighted by atomic mass is 10.1. The molecule has 0 radical (unpaired) electrons. The van der Waals surface area contributed by atoms with Crippen LogP contribution in [0.3, 0.4) is 0 Å². The zero-order valence-electron chi connectivity index (χ0n) is 11.2. The maximum Gasteiger partial charge on any atom is 0.311 e. The van der Waals surface area contributed by atoms with Crippen molar-refractivity contribution < 1.29 is 14.8 Å². The van der Waals surface area contributed by atoms with Crippen molar-refractivity contribution in [3.63, 3.8) is 0 Å². The van der Waals surface area contributed by atoms with Gasteiger partial charge in [0.15, 0.2) is 0 Å². The van der Waals surface area contributed by atoms with E-state index >= 15 is 0 Å². The molecule has 0 saturated heterocycles. The predicted octanol–water partition coefficient (Wildman–Crippen LogP) is 3.75. The Balaban J connectivity index is 2.39. The molecule has 104 valence electrons. The summed E-state index contributed by atoms with van der Waals surface area (Å²) in [6.07, 6.45) is -0.712. The van der Waals surface area contributed by atoms with Gasteiger partial charge in [0.05, 0.1) is 11.0 Å². The molecule has 0 spiro atoms. The summed E-state index contributed by atoms with van der Waals surface area (Å²) in [7, 11) is 0. The lowest BCUT2D eigenvalue weighted by Gasteiger charge is -2.10. The van der Waals surface area contributed by atoms with Crippen LogP contribution in [-0.4, -0.2) is 10.0 Å². The van der Waals surface area contributed by atoms with E-state index < -0.39 is 11.0 Å². The van der Waals surface area contributed by atoms with Crippen LogP contribution in [0.15, 0.2) is 42.5 Å². The summed E-state index contributed by atoms with van der Waals surface area (Å²) < 4.78 is 5.56. The number of hydrogen-bond donors (Lipinski definition) is 1. The third-order valence-corrected chi connectivity index (χ3v) is 2.91. The van der Waals surface area contributed by atoms with E-state index in [1.165, 1.54) is 18.2 Å². The number of aryl methyl sites for hydroxylation is 1. The van der Waals surface area contributed by atoms with Crippen LogP contribution < -0.4 is 4.74 Å². The topological polar surface area (TPSA) is 72.6 Å². The van der Waals surface area contributed by atoms with E-state index in [9.17, 15) is 15.2 Å². The molecular weight excluding hydrogens is 258 g/mol. The maximum atomic E-state index is 11.0. The second-order valence-corrected chi connectivity index (χ2v) is 4.58. The van der Waals surface area contributed by atoms with Crippen LogP contribution in [0.4, 0.5) is 5.69 Å². The first kappa shape index (κ1) is 14.0. The van der Waals surface area contributed by atoms with Crippen molar-refractivity contribution in [3.05, 3.63) is 63.7 Å². The standard InChI is InChI=1S/C15H15NO4/c1-10-3-6-13(7-4-10)20-15-9-12(11(2)17)5-8-14(15)16(18)19/h3-9,11,17H,1-2H3.